The van der Waals surface area contributed by atoms with Gasteiger partial charge in [-0.2, -0.15) is 13.2 Å². The number of benzene rings is 1. The van der Waals surface area contributed by atoms with Crippen LogP contribution in [0, 0.1) is 0 Å². The molecule has 1 heterocycles. The number of hydrogen-bond acceptors (Lipinski definition) is 6. The van der Waals surface area contributed by atoms with E-state index in [1.165, 1.54) is 0 Å². The second kappa shape index (κ2) is 10.9. The lowest BCUT2D eigenvalue weighted by Crippen LogP contribution is -2.41. The van der Waals surface area contributed by atoms with E-state index in [2.05, 4.69) is 10.6 Å². The van der Waals surface area contributed by atoms with Crippen LogP contribution < -0.4 is 10.6 Å². The van der Waals surface area contributed by atoms with Crippen molar-refractivity contribution >= 4 is 41.0 Å². The second-order valence-corrected chi connectivity index (χ2v) is 8.90. The molecule has 0 spiro atoms. The van der Waals surface area contributed by atoms with Crippen molar-refractivity contribution in [3.8, 4) is 0 Å². The Morgan fingerprint density at radius 3 is 2.31 bits per heavy atom. The van der Waals surface area contributed by atoms with Crippen LogP contribution in [0.5, 0.6) is 0 Å². The van der Waals surface area contributed by atoms with Crippen molar-refractivity contribution in [3.63, 3.8) is 0 Å². The van der Waals surface area contributed by atoms with E-state index in [9.17, 15) is 27.6 Å². The van der Waals surface area contributed by atoms with Crippen LogP contribution >= 0.6 is 11.8 Å². The number of ether oxygens (including phenoxy) is 2. The largest absolute Gasteiger partial charge is 0.444 e. The molecule has 1 aliphatic rings. The fourth-order valence-corrected chi connectivity index (χ4v) is 3.38. The molecule has 1 aromatic carbocycles. The van der Waals surface area contributed by atoms with Gasteiger partial charge in [-0.1, -0.05) is 0 Å². The molecule has 0 atom stereocenters. The topological polar surface area (TPSA) is 97.0 Å². The molecule has 32 heavy (non-hydrogen) atoms. The van der Waals surface area contributed by atoms with Gasteiger partial charge >= 0.3 is 12.3 Å². The third-order valence-electron chi connectivity index (χ3n) is 4.08. The molecule has 0 aromatic heterocycles. The highest BCUT2D eigenvalue weighted by atomic mass is 32.2. The molecule has 178 valence electrons. The van der Waals surface area contributed by atoms with Crippen molar-refractivity contribution in [1.82, 2.24) is 4.90 Å². The lowest BCUT2D eigenvalue weighted by molar-refractivity contribution is -0.137. The second-order valence-electron chi connectivity index (χ2n) is 7.92. The summed E-state index contributed by atoms with van der Waals surface area (Å²) in [6, 6.07) is 2.56. The van der Waals surface area contributed by atoms with Crippen LogP contribution in [0.15, 0.2) is 18.2 Å². The first kappa shape index (κ1) is 25.8. The molecule has 2 rings (SSSR count). The Kier molecular flexibility index (Phi) is 8.79. The van der Waals surface area contributed by atoms with Crippen molar-refractivity contribution in [2.24, 2.45) is 0 Å². The maximum absolute atomic E-state index is 13.1. The fraction of sp³-hybridized carbons (Fsp3) is 0.550. The number of thioether (sulfide) groups is 1. The summed E-state index contributed by atoms with van der Waals surface area (Å²) in [5.41, 5.74) is -2.08. The molecule has 8 nitrogen and oxygen atoms in total. The fourth-order valence-electron chi connectivity index (χ4n) is 2.67. The molecule has 3 amide bonds. The summed E-state index contributed by atoms with van der Waals surface area (Å²) < 4.78 is 49.6. The van der Waals surface area contributed by atoms with Crippen molar-refractivity contribution in [3.05, 3.63) is 23.8 Å². The lowest BCUT2D eigenvalue weighted by atomic mass is 10.1. The van der Waals surface area contributed by atoms with E-state index in [0.29, 0.717) is 26.3 Å². The zero-order valence-electron chi connectivity index (χ0n) is 18.0. The minimum atomic E-state index is -4.64. The molecule has 2 N–H and O–H groups in total. The van der Waals surface area contributed by atoms with Crippen LogP contribution in [-0.4, -0.2) is 66.2 Å². The van der Waals surface area contributed by atoms with Crippen LogP contribution in [0.3, 0.4) is 0 Å². The number of carbonyl (C=O) groups excluding carboxylic acids is 3. The minimum absolute atomic E-state index is 0.0463. The number of morpholine rings is 1. The monoisotopic (exact) mass is 477 g/mol. The quantitative estimate of drug-likeness (QED) is 0.650. The van der Waals surface area contributed by atoms with Crippen LogP contribution in [0.25, 0.3) is 0 Å². The smallest absolute Gasteiger partial charge is 0.416 e. The van der Waals surface area contributed by atoms with Crippen molar-refractivity contribution < 1.29 is 37.0 Å². The van der Waals surface area contributed by atoms with Gasteiger partial charge in [-0.05, 0) is 39.0 Å². The van der Waals surface area contributed by atoms with Crippen molar-refractivity contribution in [1.29, 1.82) is 0 Å². The Morgan fingerprint density at radius 2 is 1.72 bits per heavy atom. The number of halogens is 3. The van der Waals surface area contributed by atoms with Gasteiger partial charge < -0.3 is 19.7 Å². The van der Waals surface area contributed by atoms with Gasteiger partial charge in [-0.25, -0.2) is 4.79 Å². The molecule has 0 saturated carbocycles. The minimum Gasteiger partial charge on any atom is -0.444 e. The number of carbonyl (C=O) groups is 3. The van der Waals surface area contributed by atoms with Crippen LogP contribution in [0.2, 0.25) is 0 Å². The van der Waals surface area contributed by atoms with E-state index in [-0.39, 0.29) is 28.8 Å². The van der Waals surface area contributed by atoms with Gasteiger partial charge in [0.2, 0.25) is 11.8 Å². The van der Waals surface area contributed by atoms with Crippen LogP contribution in [0.4, 0.5) is 29.3 Å². The summed E-state index contributed by atoms with van der Waals surface area (Å²) in [5.74, 6) is -0.856. The number of hydrogen-bond donors (Lipinski definition) is 2. The standard InChI is InChI=1S/C20H26F3N3O5S/c1-19(2,3)31-18(29)25-14-5-4-13(20(21,22)23)10-15(14)24-16(27)11-32-12-17(28)26-6-8-30-9-7-26/h4-5,10H,6-9,11-12H2,1-3H3,(H,24,27)(H,25,29). The van der Waals surface area contributed by atoms with Gasteiger partial charge in [0, 0.05) is 13.1 Å². The summed E-state index contributed by atoms with van der Waals surface area (Å²) in [6.45, 7) is 6.79. The summed E-state index contributed by atoms with van der Waals surface area (Å²) >= 11 is 1.04. The Morgan fingerprint density at radius 1 is 1.06 bits per heavy atom. The summed E-state index contributed by atoms with van der Waals surface area (Å²) in [4.78, 5) is 38.1. The number of anilines is 2. The van der Waals surface area contributed by atoms with E-state index in [1.54, 1.807) is 25.7 Å². The SMILES string of the molecule is CC(C)(C)OC(=O)Nc1ccc(C(F)(F)F)cc1NC(=O)CSCC(=O)N1CCOCC1. The average Bonchev–Trinajstić information content (AvgIpc) is 2.67. The zero-order valence-corrected chi connectivity index (χ0v) is 18.8. The predicted molar refractivity (Wildman–Crippen MR) is 115 cm³/mol. The van der Waals surface area contributed by atoms with Crippen molar-refractivity contribution in [2.45, 2.75) is 32.5 Å². The number of alkyl halides is 3. The van der Waals surface area contributed by atoms with Gasteiger partial charge in [-0.15, -0.1) is 11.8 Å². The number of nitrogens with zero attached hydrogens (tertiary/aromatic N) is 1. The molecule has 1 aliphatic heterocycles. The van der Waals surface area contributed by atoms with Gasteiger partial charge in [0.15, 0.2) is 0 Å². The van der Waals surface area contributed by atoms with Gasteiger partial charge in [0.1, 0.15) is 5.60 Å². The van der Waals surface area contributed by atoms with Gasteiger partial charge in [0.25, 0.3) is 0 Å². The molecule has 0 aliphatic carbocycles. The number of amides is 3. The lowest BCUT2D eigenvalue weighted by Gasteiger charge is -2.26. The maximum atomic E-state index is 13.1. The van der Waals surface area contributed by atoms with Gasteiger partial charge in [-0.3, -0.25) is 14.9 Å². The molecule has 12 heteroatoms. The first-order chi connectivity index (χ1) is 14.8. The van der Waals surface area contributed by atoms with E-state index < -0.39 is 29.3 Å². The number of rotatable bonds is 6. The zero-order chi connectivity index (χ0) is 23.9. The molecule has 1 aromatic rings. The van der Waals surface area contributed by atoms with Crippen LogP contribution in [-0.2, 0) is 25.2 Å². The van der Waals surface area contributed by atoms with E-state index in [0.717, 1.165) is 30.0 Å². The average molecular weight is 478 g/mol. The first-order valence-corrected chi connectivity index (χ1v) is 10.9. The Balaban J connectivity index is 2.02. The molecule has 0 bridgehead atoms. The van der Waals surface area contributed by atoms with Gasteiger partial charge in [0.05, 0.1) is 41.7 Å². The van der Waals surface area contributed by atoms with E-state index in [4.69, 9.17) is 9.47 Å². The van der Waals surface area contributed by atoms with Crippen molar-refractivity contribution in [2.75, 3.05) is 48.4 Å². The highest BCUT2D eigenvalue weighted by Crippen LogP contribution is 2.34. The summed E-state index contributed by atoms with van der Waals surface area (Å²) in [5, 5.41) is 4.72. The van der Waals surface area contributed by atoms with E-state index >= 15 is 0 Å². The van der Waals surface area contributed by atoms with Crippen LogP contribution in [0.1, 0.15) is 26.3 Å². The first-order valence-electron chi connectivity index (χ1n) is 9.79. The Bertz CT molecular complexity index is 837. The molecule has 0 unspecified atom stereocenters. The number of nitrogens with one attached hydrogen (secondary N) is 2. The third kappa shape index (κ3) is 8.58. The molecule has 0 radical (unpaired) electrons. The molecule has 1 saturated heterocycles. The summed E-state index contributed by atoms with van der Waals surface area (Å²) in [6.07, 6.45) is -5.51. The highest BCUT2D eigenvalue weighted by Gasteiger charge is 2.31. The Labute approximate surface area is 188 Å². The normalized spacial score (nSPS) is 14.6. The summed E-state index contributed by atoms with van der Waals surface area (Å²) in [7, 11) is 0. The maximum Gasteiger partial charge on any atom is 0.416 e. The van der Waals surface area contributed by atoms with E-state index in [1.807, 2.05) is 0 Å². The molecular weight excluding hydrogens is 451 g/mol. The molecule has 1 fully saturated rings. The molecular formula is C20H26F3N3O5S. The third-order valence-corrected chi connectivity index (χ3v) is 5.00. The predicted octanol–water partition coefficient (Wildman–Crippen LogP) is 3.58. The Hall–Kier alpha value is -2.47. The highest BCUT2D eigenvalue weighted by molar-refractivity contribution is 8.00.